The van der Waals surface area contributed by atoms with Gasteiger partial charge >= 0.3 is 0 Å². The number of nitro groups is 1. The molecule has 0 amide bonds. The van der Waals surface area contributed by atoms with E-state index in [1.165, 1.54) is 12.1 Å². The van der Waals surface area contributed by atoms with Crippen molar-refractivity contribution in [2.75, 3.05) is 6.54 Å². The van der Waals surface area contributed by atoms with E-state index in [-0.39, 0.29) is 12.2 Å². The fourth-order valence-corrected chi connectivity index (χ4v) is 1.10. The molecule has 0 radical (unpaired) electrons. The highest BCUT2D eigenvalue weighted by Gasteiger charge is 2.10. The Labute approximate surface area is 85.3 Å². The average molecular weight is 207 g/mol. The molecule has 0 fully saturated rings. The number of nitro benzene ring substituents is 1. The van der Waals surface area contributed by atoms with Gasteiger partial charge in [0, 0.05) is 29.6 Å². The summed E-state index contributed by atoms with van der Waals surface area (Å²) >= 11 is 0. The lowest BCUT2D eigenvalue weighted by molar-refractivity contribution is -0.384. The number of nitrogens with zero attached hydrogens (tertiary/aromatic N) is 4. The largest absolute Gasteiger partial charge is 0.324 e. The van der Waals surface area contributed by atoms with Crippen molar-refractivity contribution >= 4 is 5.69 Å². The van der Waals surface area contributed by atoms with Crippen LogP contribution >= 0.6 is 0 Å². The van der Waals surface area contributed by atoms with Crippen LogP contribution in [0.15, 0.2) is 29.4 Å². The van der Waals surface area contributed by atoms with Crippen LogP contribution < -0.4 is 5.73 Å². The summed E-state index contributed by atoms with van der Waals surface area (Å²) in [5, 5.41) is 13.8. The summed E-state index contributed by atoms with van der Waals surface area (Å²) in [5.74, 6) is 0. The zero-order chi connectivity index (χ0) is 11.3. The first-order valence-corrected chi connectivity index (χ1v) is 4.16. The molecule has 0 unspecified atom stereocenters. The van der Waals surface area contributed by atoms with Crippen LogP contribution in [0.25, 0.3) is 10.4 Å². The maximum absolute atomic E-state index is 10.5. The number of nitrogens with two attached hydrogens (primary N) is 1. The molecule has 7 heteroatoms. The van der Waals surface area contributed by atoms with Crippen LogP contribution in [0.3, 0.4) is 0 Å². The second kappa shape index (κ2) is 4.94. The first kappa shape index (κ1) is 11.0. The lowest BCUT2D eigenvalue weighted by Crippen LogP contribution is -2.13. The third-order valence-corrected chi connectivity index (χ3v) is 1.85. The van der Waals surface area contributed by atoms with Crippen molar-refractivity contribution in [2.45, 2.75) is 6.04 Å². The van der Waals surface area contributed by atoms with Crippen molar-refractivity contribution in [3.8, 4) is 0 Å². The molecule has 1 aromatic carbocycles. The van der Waals surface area contributed by atoms with E-state index in [0.717, 1.165) is 0 Å². The molecule has 0 aliphatic heterocycles. The van der Waals surface area contributed by atoms with E-state index < -0.39 is 11.0 Å². The van der Waals surface area contributed by atoms with Gasteiger partial charge in [0.05, 0.1) is 4.92 Å². The SMILES string of the molecule is [N-]=[N+]=NC[C@@H](N)c1cccc([N+](=O)[O-])c1. The fraction of sp³-hybridized carbons (Fsp3) is 0.250. The van der Waals surface area contributed by atoms with E-state index >= 15 is 0 Å². The Bertz CT molecular complexity index is 413. The molecular weight excluding hydrogens is 198 g/mol. The van der Waals surface area contributed by atoms with Crippen molar-refractivity contribution in [3.63, 3.8) is 0 Å². The first-order valence-electron chi connectivity index (χ1n) is 4.16. The smallest absolute Gasteiger partial charge is 0.269 e. The number of hydrogen-bond donors (Lipinski definition) is 1. The van der Waals surface area contributed by atoms with E-state index in [1.54, 1.807) is 12.1 Å². The third kappa shape index (κ3) is 2.94. The number of rotatable bonds is 4. The number of benzene rings is 1. The summed E-state index contributed by atoms with van der Waals surface area (Å²) in [6.07, 6.45) is 0. The normalized spacial score (nSPS) is 11.5. The molecule has 0 heterocycles. The molecule has 1 atom stereocenters. The number of non-ortho nitro benzene ring substituents is 1. The zero-order valence-electron chi connectivity index (χ0n) is 7.78. The maximum atomic E-state index is 10.5. The van der Waals surface area contributed by atoms with Gasteiger partial charge in [0.2, 0.25) is 0 Å². The van der Waals surface area contributed by atoms with Gasteiger partial charge in [-0.05, 0) is 11.1 Å². The molecule has 0 aliphatic rings. The van der Waals surface area contributed by atoms with Gasteiger partial charge < -0.3 is 5.73 Å². The van der Waals surface area contributed by atoms with Crippen molar-refractivity contribution in [3.05, 3.63) is 50.4 Å². The van der Waals surface area contributed by atoms with Crippen LogP contribution in [0.1, 0.15) is 11.6 Å². The molecule has 15 heavy (non-hydrogen) atoms. The Morgan fingerprint density at radius 3 is 3.00 bits per heavy atom. The van der Waals surface area contributed by atoms with Crippen molar-refractivity contribution in [1.82, 2.24) is 0 Å². The molecule has 0 spiro atoms. The van der Waals surface area contributed by atoms with Gasteiger partial charge in [0.15, 0.2) is 0 Å². The number of azide groups is 1. The maximum Gasteiger partial charge on any atom is 0.269 e. The topological polar surface area (TPSA) is 118 Å². The molecule has 0 aliphatic carbocycles. The average Bonchev–Trinajstić information content (AvgIpc) is 2.26. The van der Waals surface area contributed by atoms with Crippen molar-refractivity contribution in [1.29, 1.82) is 0 Å². The van der Waals surface area contributed by atoms with Crippen LogP contribution in [0.2, 0.25) is 0 Å². The molecular formula is C8H9N5O2. The van der Waals surface area contributed by atoms with Crippen LogP contribution in [0, 0.1) is 10.1 Å². The second-order valence-electron chi connectivity index (χ2n) is 2.87. The highest BCUT2D eigenvalue weighted by molar-refractivity contribution is 5.35. The molecule has 78 valence electrons. The lowest BCUT2D eigenvalue weighted by atomic mass is 10.1. The van der Waals surface area contributed by atoms with Gasteiger partial charge in [-0.2, -0.15) is 0 Å². The Morgan fingerprint density at radius 2 is 2.40 bits per heavy atom. The van der Waals surface area contributed by atoms with E-state index in [4.69, 9.17) is 11.3 Å². The Balaban J connectivity index is 2.89. The molecule has 7 nitrogen and oxygen atoms in total. The Morgan fingerprint density at radius 1 is 1.67 bits per heavy atom. The summed E-state index contributed by atoms with van der Waals surface area (Å²) in [4.78, 5) is 12.5. The molecule has 1 rings (SSSR count). The molecule has 2 N–H and O–H groups in total. The van der Waals surface area contributed by atoms with E-state index in [0.29, 0.717) is 5.56 Å². The minimum Gasteiger partial charge on any atom is -0.324 e. The van der Waals surface area contributed by atoms with E-state index in [1.807, 2.05) is 0 Å². The summed E-state index contributed by atoms with van der Waals surface area (Å²) in [6, 6.07) is 5.44. The van der Waals surface area contributed by atoms with Crippen LogP contribution in [-0.4, -0.2) is 11.5 Å². The second-order valence-corrected chi connectivity index (χ2v) is 2.87. The standard InChI is InChI=1S/C8H9N5O2/c9-8(5-11-12-10)6-2-1-3-7(4-6)13(14)15/h1-4,8H,5,9H2/t8-/m1/s1. The van der Waals surface area contributed by atoms with Crippen molar-refractivity contribution in [2.24, 2.45) is 10.8 Å². The highest BCUT2D eigenvalue weighted by Crippen LogP contribution is 2.17. The number of hydrogen-bond acceptors (Lipinski definition) is 4. The Hall–Kier alpha value is -2.11. The summed E-state index contributed by atoms with van der Waals surface area (Å²) in [7, 11) is 0. The van der Waals surface area contributed by atoms with Gasteiger partial charge in [-0.25, -0.2) is 0 Å². The molecule has 0 aromatic heterocycles. The van der Waals surface area contributed by atoms with Crippen LogP contribution in [0.5, 0.6) is 0 Å². The fourth-order valence-electron chi connectivity index (χ4n) is 1.10. The Kier molecular flexibility index (Phi) is 3.61. The van der Waals surface area contributed by atoms with E-state index in [2.05, 4.69) is 10.0 Å². The monoisotopic (exact) mass is 207 g/mol. The van der Waals surface area contributed by atoms with Crippen molar-refractivity contribution < 1.29 is 4.92 Å². The minimum absolute atomic E-state index is 0.0242. The van der Waals surface area contributed by atoms with Gasteiger partial charge in [0.1, 0.15) is 0 Å². The molecule has 0 saturated heterocycles. The van der Waals surface area contributed by atoms with Gasteiger partial charge in [-0.1, -0.05) is 17.2 Å². The third-order valence-electron chi connectivity index (χ3n) is 1.85. The summed E-state index contributed by atoms with van der Waals surface area (Å²) in [5.41, 5.74) is 14.3. The summed E-state index contributed by atoms with van der Waals surface area (Å²) in [6.45, 7) is 0.0810. The minimum atomic E-state index is -0.513. The van der Waals surface area contributed by atoms with Crippen LogP contribution in [0.4, 0.5) is 5.69 Å². The van der Waals surface area contributed by atoms with E-state index in [9.17, 15) is 10.1 Å². The zero-order valence-corrected chi connectivity index (χ0v) is 7.78. The lowest BCUT2D eigenvalue weighted by Gasteiger charge is -2.07. The first-order chi connectivity index (χ1) is 7.15. The predicted octanol–water partition coefficient (Wildman–Crippen LogP) is 1.90. The van der Waals surface area contributed by atoms with Crippen LogP contribution in [-0.2, 0) is 0 Å². The highest BCUT2D eigenvalue weighted by atomic mass is 16.6. The molecule has 0 bridgehead atoms. The van der Waals surface area contributed by atoms with Gasteiger partial charge in [0.25, 0.3) is 5.69 Å². The van der Waals surface area contributed by atoms with Gasteiger partial charge in [-0.15, -0.1) is 0 Å². The molecule has 0 saturated carbocycles. The predicted molar refractivity (Wildman–Crippen MR) is 54.0 cm³/mol. The molecule has 1 aromatic rings. The van der Waals surface area contributed by atoms with Gasteiger partial charge in [-0.3, -0.25) is 10.1 Å². The quantitative estimate of drug-likeness (QED) is 0.267. The summed E-state index contributed by atoms with van der Waals surface area (Å²) < 4.78 is 0.